The Bertz CT molecular complexity index is 462. The smallest absolute Gasteiger partial charge is 0.408 e. The molecule has 0 saturated carbocycles. The van der Waals surface area contributed by atoms with Crippen LogP contribution in [0.2, 0.25) is 0 Å². The number of anilines is 1. The highest BCUT2D eigenvalue weighted by atomic mass is 16.6. The molecule has 0 bridgehead atoms. The molecule has 0 aliphatic carbocycles. The summed E-state index contributed by atoms with van der Waals surface area (Å²) in [5, 5.41) is 6.51. The van der Waals surface area contributed by atoms with E-state index in [9.17, 15) is 4.79 Å². The molecule has 0 aliphatic heterocycles. The maximum absolute atomic E-state index is 11.3. The largest absolute Gasteiger partial charge is 0.444 e. The molecular formula is C12H18N4O2. The van der Waals surface area contributed by atoms with Gasteiger partial charge in [-0.2, -0.15) is 5.10 Å². The predicted octanol–water partition coefficient (Wildman–Crippen LogP) is 0.993. The van der Waals surface area contributed by atoms with Crippen LogP contribution in [0.4, 0.5) is 10.6 Å². The number of hydrogen-bond acceptors (Lipinski definition) is 4. The van der Waals surface area contributed by atoms with Crippen molar-refractivity contribution in [3.05, 3.63) is 12.3 Å². The number of ether oxygens (including phenoxy) is 1. The first-order valence-electron chi connectivity index (χ1n) is 5.58. The predicted molar refractivity (Wildman–Crippen MR) is 68.7 cm³/mol. The van der Waals surface area contributed by atoms with Crippen LogP contribution in [-0.4, -0.2) is 28.0 Å². The molecule has 1 aromatic rings. The topological polar surface area (TPSA) is 82.2 Å². The molecule has 6 nitrogen and oxygen atoms in total. The Morgan fingerprint density at radius 3 is 2.83 bits per heavy atom. The highest BCUT2D eigenvalue weighted by Gasteiger charge is 2.14. The van der Waals surface area contributed by atoms with Crippen LogP contribution in [0.3, 0.4) is 0 Å². The van der Waals surface area contributed by atoms with Crippen LogP contribution >= 0.6 is 0 Å². The zero-order valence-corrected chi connectivity index (χ0v) is 10.9. The Kier molecular flexibility index (Phi) is 4.60. The highest BCUT2D eigenvalue weighted by Crippen LogP contribution is 2.05. The van der Waals surface area contributed by atoms with E-state index in [-0.39, 0.29) is 6.54 Å². The van der Waals surface area contributed by atoms with Gasteiger partial charge in [-0.25, -0.2) is 4.79 Å². The molecule has 0 spiro atoms. The van der Waals surface area contributed by atoms with E-state index >= 15 is 0 Å². The molecule has 1 rings (SSSR count). The van der Waals surface area contributed by atoms with Gasteiger partial charge in [0, 0.05) is 6.20 Å². The second kappa shape index (κ2) is 5.96. The second-order valence-electron chi connectivity index (χ2n) is 4.65. The Morgan fingerprint density at radius 2 is 2.28 bits per heavy atom. The van der Waals surface area contributed by atoms with Crippen molar-refractivity contribution >= 4 is 11.9 Å². The summed E-state index contributed by atoms with van der Waals surface area (Å²) in [5.74, 6) is 6.12. The van der Waals surface area contributed by atoms with E-state index in [2.05, 4.69) is 22.3 Å². The number of nitrogen functional groups attached to an aromatic ring is 1. The van der Waals surface area contributed by atoms with Gasteiger partial charge in [-0.15, -0.1) is 0 Å². The first kappa shape index (κ1) is 13.9. The lowest BCUT2D eigenvalue weighted by atomic mass is 10.2. The van der Waals surface area contributed by atoms with E-state index in [1.54, 1.807) is 37.7 Å². The lowest BCUT2D eigenvalue weighted by Gasteiger charge is -2.18. The Hall–Kier alpha value is -2.16. The van der Waals surface area contributed by atoms with Gasteiger partial charge in [0.2, 0.25) is 0 Å². The summed E-state index contributed by atoms with van der Waals surface area (Å²) in [7, 11) is 0. The van der Waals surface area contributed by atoms with Gasteiger partial charge in [0.25, 0.3) is 0 Å². The van der Waals surface area contributed by atoms with Crippen molar-refractivity contribution in [1.29, 1.82) is 0 Å². The van der Waals surface area contributed by atoms with Crippen LogP contribution in [0.25, 0.3) is 0 Å². The summed E-state index contributed by atoms with van der Waals surface area (Å²) in [5.41, 5.74) is 4.96. The second-order valence-corrected chi connectivity index (χ2v) is 4.65. The number of nitrogens with two attached hydrogens (primary N) is 1. The summed E-state index contributed by atoms with van der Waals surface area (Å²) in [4.78, 5) is 11.3. The molecule has 1 amide bonds. The molecular weight excluding hydrogens is 232 g/mol. The zero-order valence-electron chi connectivity index (χ0n) is 10.9. The lowest BCUT2D eigenvalue weighted by molar-refractivity contribution is 0.0535. The van der Waals surface area contributed by atoms with Crippen molar-refractivity contribution in [1.82, 2.24) is 15.1 Å². The molecule has 0 saturated heterocycles. The highest BCUT2D eigenvalue weighted by molar-refractivity contribution is 5.67. The van der Waals surface area contributed by atoms with Crippen molar-refractivity contribution in [2.24, 2.45) is 0 Å². The monoisotopic (exact) mass is 250 g/mol. The van der Waals surface area contributed by atoms with E-state index in [0.717, 1.165) is 0 Å². The molecule has 1 aromatic heterocycles. The summed E-state index contributed by atoms with van der Waals surface area (Å²) in [6.07, 6.45) is 1.27. The first-order valence-corrected chi connectivity index (χ1v) is 5.58. The van der Waals surface area contributed by atoms with Crippen LogP contribution < -0.4 is 11.1 Å². The van der Waals surface area contributed by atoms with Gasteiger partial charge >= 0.3 is 6.09 Å². The molecule has 3 N–H and O–H groups in total. The minimum absolute atomic E-state index is 0.242. The molecule has 0 atom stereocenters. The van der Waals surface area contributed by atoms with E-state index in [1.807, 2.05) is 0 Å². The van der Waals surface area contributed by atoms with Gasteiger partial charge in [-0.1, -0.05) is 11.8 Å². The van der Waals surface area contributed by atoms with Gasteiger partial charge < -0.3 is 15.8 Å². The fraction of sp³-hybridized carbons (Fsp3) is 0.500. The Labute approximate surface area is 106 Å². The third kappa shape index (κ3) is 5.80. The van der Waals surface area contributed by atoms with E-state index in [1.165, 1.54) is 0 Å². The van der Waals surface area contributed by atoms with E-state index < -0.39 is 11.7 Å². The number of amides is 1. The molecule has 98 valence electrons. The number of aromatic nitrogens is 2. The molecule has 6 heteroatoms. The molecule has 0 unspecified atom stereocenters. The summed E-state index contributed by atoms with van der Waals surface area (Å²) >= 11 is 0. The van der Waals surface area contributed by atoms with Crippen LogP contribution in [-0.2, 0) is 11.3 Å². The minimum Gasteiger partial charge on any atom is -0.444 e. The van der Waals surface area contributed by atoms with Crippen LogP contribution in [0.15, 0.2) is 12.3 Å². The number of carbonyl (C=O) groups is 1. The standard InChI is InChI=1S/C12H18N4O2/c1-12(2,3)18-11(17)14-7-4-5-8-16-9-6-10(13)15-16/h6,9H,7-8H2,1-3H3,(H2,13,15)(H,14,17). The number of alkyl carbamates (subject to hydrolysis) is 1. The van der Waals surface area contributed by atoms with Gasteiger partial charge in [0.05, 0.1) is 6.54 Å². The van der Waals surface area contributed by atoms with Gasteiger partial charge in [-0.3, -0.25) is 4.68 Å². The first-order chi connectivity index (χ1) is 8.37. The van der Waals surface area contributed by atoms with Crippen LogP contribution in [0, 0.1) is 11.8 Å². The maximum Gasteiger partial charge on any atom is 0.408 e. The quantitative estimate of drug-likeness (QED) is 0.767. The fourth-order valence-corrected chi connectivity index (χ4v) is 1.10. The summed E-state index contributed by atoms with van der Waals surface area (Å²) in [6.45, 7) is 6.10. The summed E-state index contributed by atoms with van der Waals surface area (Å²) < 4.78 is 6.67. The third-order valence-electron chi connectivity index (χ3n) is 1.75. The lowest BCUT2D eigenvalue weighted by Crippen LogP contribution is -2.32. The van der Waals surface area contributed by atoms with Gasteiger partial charge in [0.1, 0.15) is 18.0 Å². The number of nitrogens with zero attached hydrogens (tertiary/aromatic N) is 2. The van der Waals surface area contributed by atoms with Crippen molar-refractivity contribution in [3.63, 3.8) is 0 Å². The number of hydrogen-bond donors (Lipinski definition) is 2. The van der Waals surface area contributed by atoms with Gasteiger partial charge in [-0.05, 0) is 26.8 Å². The number of rotatable bonds is 2. The number of nitrogens with one attached hydrogen (secondary N) is 1. The molecule has 0 aromatic carbocycles. The molecule has 0 radical (unpaired) electrons. The SMILES string of the molecule is CC(C)(C)OC(=O)NCC#CCn1ccc(N)n1. The summed E-state index contributed by atoms with van der Waals surface area (Å²) in [6, 6.07) is 1.70. The van der Waals surface area contributed by atoms with E-state index in [0.29, 0.717) is 12.4 Å². The maximum atomic E-state index is 11.3. The molecule has 0 fully saturated rings. The van der Waals surface area contributed by atoms with Crippen LogP contribution in [0.1, 0.15) is 20.8 Å². The van der Waals surface area contributed by atoms with Crippen molar-refractivity contribution < 1.29 is 9.53 Å². The van der Waals surface area contributed by atoms with Crippen molar-refractivity contribution in [2.45, 2.75) is 32.9 Å². The fourth-order valence-electron chi connectivity index (χ4n) is 1.10. The third-order valence-corrected chi connectivity index (χ3v) is 1.75. The number of carbonyl (C=O) groups excluding carboxylic acids is 1. The molecule has 0 aliphatic rings. The Balaban J connectivity index is 2.24. The molecule has 18 heavy (non-hydrogen) atoms. The normalized spacial score (nSPS) is 10.4. The van der Waals surface area contributed by atoms with E-state index in [4.69, 9.17) is 10.5 Å². The Morgan fingerprint density at radius 1 is 1.56 bits per heavy atom. The minimum atomic E-state index is -0.496. The molecule has 1 heterocycles. The van der Waals surface area contributed by atoms with Crippen LogP contribution in [0.5, 0.6) is 0 Å². The van der Waals surface area contributed by atoms with Gasteiger partial charge in [0.15, 0.2) is 0 Å². The van der Waals surface area contributed by atoms with Crippen molar-refractivity contribution in [3.8, 4) is 11.8 Å². The average molecular weight is 250 g/mol. The van der Waals surface area contributed by atoms with Crippen molar-refractivity contribution in [2.75, 3.05) is 12.3 Å². The average Bonchev–Trinajstić information content (AvgIpc) is 2.61. The zero-order chi connectivity index (χ0) is 13.6.